The van der Waals surface area contributed by atoms with E-state index in [-0.39, 0.29) is 11.1 Å². The normalized spacial score (nSPS) is 15.3. The number of rotatable bonds is 2. The molecule has 1 saturated heterocycles. The topological polar surface area (TPSA) is 62.7 Å². The van der Waals surface area contributed by atoms with Crippen molar-refractivity contribution in [1.82, 2.24) is 4.90 Å². The van der Waals surface area contributed by atoms with E-state index in [0.717, 1.165) is 24.5 Å². The van der Waals surface area contributed by atoms with E-state index in [1.54, 1.807) is 11.0 Å². The summed E-state index contributed by atoms with van der Waals surface area (Å²) in [5.74, 6) is -0.0885. The van der Waals surface area contributed by atoms with Crippen LogP contribution in [0.1, 0.15) is 10.4 Å². The number of piperazine rings is 1. The Bertz CT molecular complexity index is 648. The molecule has 3 rings (SSSR count). The van der Waals surface area contributed by atoms with E-state index in [1.807, 2.05) is 24.3 Å². The summed E-state index contributed by atoms with van der Waals surface area (Å²) in [6.45, 7) is 2.76. The molecule has 21 heavy (non-hydrogen) atoms. The zero-order valence-corrected chi connectivity index (χ0v) is 12.2. The molecule has 2 heterocycles. The molecular formula is C15H16ClN3O2. The monoisotopic (exact) mass is 305 g/mol. The van der Waals surface area contributed by atoms with Gasteiger partial charge in [0.15, 0.2) is 0 Å². The summed E-state index contributed by atoms with van der Waals surface area (Å²) >= 11 is 5.86. The first-order chi connectivity index (χ1) is 10.2. The van der Waals surface area contributed by atoms with Gasteiger partial charge < -0.3 is 20.0 Å². The van der Waals surface area contributed by atoms with Gasteiger partial charge >= 0.3 is 0 Å². The minimum absolute atomic E-state index is 0.0885. The molecule has 1 aliphatic heterocycles. The van der Waals surface area contributed by atoms with Crippen LogP contribution in [0, 0.1) is 0 Å². The molecule has 0 radical (unpaired) electrons. The average Bonchev–Trinajstić information content (AvgIpc) is 2.93. The lowest BCUT2D eigenvalue weighted by Crippen LogP contribution is -2.49. The van der Waals surface area contributed by atoms with Crippen molar-refractivity contribution in [2.45, 2.75) is 0 Å². The number of carbonyl (C=O) groups is 1. The van der Waals surface area contributed by atoms with Crippen molar-refractivity contribution in [3.05, 3.63) is 47.4 Å². The predicted octanol–water partition coefficient (Wildman–Crippen LogP) is 2.48. The van der Waals surface area contributed by atoms with Crippen molar-refractivity contribution in [2.75, 3.05) is 36.8 Å². The van der Waals surface area contributed by atoms with E-state index in [1.165, 1.54) is 6.26 Å². The summed E-state index contributed by atoms with van der Waals surface area (Å²) in [4.78, 5) is 16.3. The van der Waals surface area contributed by atoms with Gasteiger partial charge in [-0.3, -0.25) is 4.79 Å². The Morgan fingerprint density at radius 1 is 1.14 bits per heavy atom. The number of amides is 1. The Labute approximate surface area is 127 Å². The Balaban J connectivity index is 1.67. The third-order valence-electron chi connectivity index (χ3n) is 3.69. The van der Waals surface area contributed by atoms with Crippen molar-refractivity contribution < 1.29 is 9.21 Å². The SMILES string of the molecule is Nc1ccccc1N1CCN(C(=O)c2ccoc2Cl)CC1. The summed E-state index contributed by atoms with van der Waals surface area (Å²) in [7, 11) is 0. The van der Waals surface area contributed by atoms with Crippen molar-refractivity contribution in [3.8, 4) is 0 Å². The van der Waals surface area contributed by atoms with E-state index in [4.69, 9.17) is 21.8 Å². The fourth-order valence-corrected chi connectivity index (χ4v) is 2.74. The number of anilines is 2. The number of benzene rings is 1. The minimum Gasteiger partial charge on any atom is -0.452 e. The first-order valence-electron chi connectivity index (χ1n) is 6.78. The molecule has 0 atom stereocenters. The number of furan rings is 1. The van der Waals surface area contributed by atoms with Gasteiger partial charge in [0.2, 0.25) is 5.22 Å². The van der Waals surface area contributed by atoms with E-state index in [9.17, 15) is 4.79 Å². The number of nitrogens with two attached hydrogens (primary N) is 1. The van der Waals surface area contributed by atoms with Crippen LogP contribution in [0.15, 0.2) is 41.0 Å². The summed E-state index contributed by atoms with van der Waals surface area (Å²) in [6, 6.07) is 9.37. The molecule has 1 aromatic carbocycles. The van der Waals surface area contributed by atoms with Gasteiger partial charge in [-0.2, -0.15) is 0 Å². The highest BCUT2D eigenvalue weighted by Gasteiger charge is 2.25. The van der Waals surface area contributed by atoms with Crippen LogP contribution in [-0.2, 0) is 0 Å². The smallest absolute Gasteiger partial charge is 0.258 e. The van der Waals surface area contributed by atoms with E-state index >= 15 is 0 Å². The quantitative estimate of drug-likeness (QED) is 0.866. The van der Waals surface area contributed by atoms with Gasteiger partial charge in [-0.1, -0.05) is 12.1 Å². The molecule has 1 fully saturated rings. The summed E-state index contributed by atoms with van der Waals surface area (Å²) in [5, 5.41) is 0.148. The molecule has 2 aromatic rings. The number of halogens is 1. The number of carbonyl (C=O) groups excluding carboxylic acids is 1. The van der Waals surface area contributed by atoms with E-state index in [2.05, 4.69) is 4.90 Å². The first kappa shape index (κ1) is 13.8. The summed E-state index contributed by atoms with van der Waals surface area (Å²) < 4.78 is 4.97. The molecule has 0 unspecified atom stereocenters. The Hall–Kier alpha value is -2.14. The third kappa shape index (κ3) is 2.69. The van der Waals surface area contributed by atoms with Crippen LogP contribution in [0.3, 0.4) is 0 Å². The van der Waals surface area contributed by atoms with E-state index in [0.29, 0.717) is 18.7 Å². The van der Waals surface area contributed by atoms with Gasteiger partial charge in [-0.05, 0) is 29.8 Å². The molecule has 1 aromatic heterocycles. The predicted molar refractivity (Wildman–Crippen MR) is 82.7 cm³/mol. The molecule has 1 amide bonds. The lowest BCUT2D eigenvalue weighted by molar-refractivity contribution is 0.0746. The minimum atomic E-state index is -0.0885. The van der Waals surface area contributed by atoms with Crippen LogP contribution >= 0.6 is 11.6 Å². The number of hydrogen-bond donors (Lipinski definition) is 1. The van der Waals surface area contributed by atoms with Crippen LogP contribution < -0.4 is 10.6 Å². The zero-order valence-electron chi connectivity index (χ0n) is 11.5. The molecular weight excluding hydrogens is 290 g/mol. The second kappa shape index (κ2) is 5.69. The van der Waals surface area contributed by atoms with Crippen LogP contribution in [0.4, 0.5) is 11.4 Å². The average molecular weight is 306 g/mol. The first-order valence-corrected chi connectivity index (χ1v) is 7.16. The van der Waals surface area contributed by atoms with Crippen molar-refractivity contribution in [3.63, 3.8) is 0 Å². The highest BCUT2D eigenvalue weighted by molar-refractivity contribution is 6.32. The molecule has 0 aliphatic carbocycles. The molecule has 6 heteroatoms. The fourth-order valence-electron chi connectivity index (χ4n) is 2.54. The maximum atomic E-state index is 12.3. The van der Waals surface area contributed by atoms with Gasteiger partial charge in [0.25, 0.3) is 5.91 Å². The van der Waals surface area contributed by atoms with E-state index < -0.39 is 0 Å². The van der Waals surface area contributed by atoms with Crippen molar-refractivity contribution in [2.24, 2.45) is 0 Å². The standard InChI is InChI=1S/C15H16ClN3O2/c16-14-11(5-10-21-14)15(20)19-8-6-18(7-9-19)13-4-2-1-3-12(13)17/h1-5,10H,6-9,17H2. The number of hydrogen-bond acceptors (Lipinski definition) is 4. The van der Waals surface area contributed by atoms with Gasteiger partial charge in [0, 0.05) is 26.2 Å². The van der Waals surface area contributed by atoms with Gasteiger partial charge in [-0.25, -0.2) is 0 Å². The van der Waals surface area contributed by atoms with Crippen LogP contribution in [0.25, 0.3) is 0 Å². The molecule has 0 bridgehead atoms. The number of nitrogens with zero attached hydrogens (tertiary/aromatic N) is 2. The summed E-state index contributed by atoms with van der Waals surface area (Å²) in [6.07, 6.45) is 1.43. The maximum Gasteiger partial charge on any atom is 0.258 e. The third-order valence-corrected chi connectivity index (χ3v) is 3.99. The summed E-state index contributed by atoms with van der Waals surface area (Å²) in [5.41, 5.74) is 8.19. The lowest BCUT2D eigenvalue weighted by atomic mass is 10.2. The molecule has 2 N–H and O–H groups in total. The van der Waals surface area contributed by atoms with Crippen LogP contribution in [0.5, 0.6) is 0 Å². The molecule has 110 valence electrons. The zero-order chi connectivity index (χ0) is 14.8. The second-order valence-corrected chi connectivity index (χ2v) is 5.29. The molecule has 0 saturated carbocycles. The van der Waals surface area contributed by atoms with Gasteiger partial charge in [0.05, 0.1) is 23.2 Å². The van der Waals surface area contributed by atoms with Crippen molar-refractivity contribution in [1.29, 1.82) is 0 Å². The van der Waals surface area contributed by atoms with Crippen molar-refractivity contribution >= 4 is 28.9 Å². The molecule has 1 aliphatic rings. The lowest BCUT2D eigenvalue weighted by Gasteiger charge is -2.36. The largest absolute Gasteiger partial charge is 0.452 e. The number of nitrogen functional groups attached to an aromatic ring is 1. The molecule has 0 spiro atoms. The highest BCUT2D eigenvalue weighted by Crippen LogP contribution is 2.25. The Morgan fingerprint density at radius 3 is 2.48 bits per heavy atom. The van der Waals surface area contributed by atoms with Gasteiger partial charge in [-0.15, -0.1) is 0 Å². The highest BCUT2D eigenvalue weighted by atomic mass is 35.5. The van der Waals surface area contributed by atoms with Crippen LogP contribution in [-0.4, -0.2) is 37.0 Å². The Kier molecular flexibility index (Phi) is 3.75. The molecule has 5 nitrogen and oxygen atoms in total. The maximum absolute atomic E-state index is 12.3. The van der Waals surface area contributed by atoms with Crippen LogP contribution in [0.2, 0.25) is 5.22 Å². The fraction of sp³-hybridized carbons (Fsp3) is 0.267. The second-order valence-electron chi connectivity index (χ2n) is 4.95. The Morgan fingerprint density at radius 2 is 1.86 bits per heavy atom. The van der Waals surface area contributed by atoms with Gasteiger partial charge in [0.1, 0.15) is 0 Å². The number of para-hydroxylation sites is 2.